The maximum atomic E-state index is 12.7. The molecule has 2 fully saturated rings. The summed E-state index contributed by atoms with van der Waals surface area (Å²) in [5, 5.41) is -1.18. The Hall–Kier alpha value is -1.89. The van der Waals surface area contributed by atoms with Gasteiger partial charge >= 0.3 is 6.09 Å². The average Bonchev–Trinajstić information content (AvgIpc) is 3.03. The molecule has 0 aliphatic carbocycles. The van der Waals surface area contributed by atoms with Gasteiger partial charge in [0.15, 0.2) is 15.6 Å². The number of carbonyl (C=O) groups is 2. The van der Waals surface area contributed by atoms with Crippen molar-refractivity contribution in [3.63, 3.8) is 0 Å². The monoisotopic (exact) mass is 309 g/mol. The van der Waals surface area contributed by atoms with Crippen LogP contribution in [0.2, 0.25) is 0 Å². The minimum Gasteiger partial charge on any atom is -0.453 e. The number of fused-ring (bicyclic) bond motifs is 2. The summed E-state index contributed by atoms with van der Waals surface area (Å²) >= 11 is 0. The first-order chi connectivity index (χ1) is 9.98. The van der Waals surface area contributed by atoms with E-state index >= 15 is 0 Å². The van der Waals surface area contributed by atoms with Crippen LogP contribution in [0.3, 0.4) is 0 Å². The summed E-state index contributed by atoms with van der Waals surface area (Å²) in [5.74, 6) is -0.402. The van der Waals surface area contributed by atoms with E-state index < -0.39 is 39.0 Å². The lowest BCUT2D eigenvalue weighted by molar-refractivity contribution is -0.119. The van der Waals surface area contributed by atoms with E-state index in [0.29, 0.717) is 12.8 Å². The predicted molar refractivity (Wildman–Crippen MR) is 73.5 cm³/mol. The van der Waals surface area contributed by atoms with Gasteiger partial charge in [-0.15, -0.1) is 0 Å². The highest BCUT2D eigenvalue weighted by atomic mass is 32.2. The van der Waals surface area contributed by atoms with Crippen molar-refractivity contribution in [1.29, 1.82) is 0 Å². The smallest absolute Gasteiger partial charge is 0.410 e. The number of rotatable bonds is 2. The van der Waals surface area contributed by atoms with Crippen LogP contribution in [-0.2, 0) is 19.4 Å². The van der Waals surface area contributed by atoms with Gasteiger partial charge in [-0.2, -0.15) is 0 Å². The van der Waals surface area contributed by atoms with Crippen molar-refractivity contribution in [2.75, 3.05) is 7.11 Å². The van der Waals surface area contributed by atoms with Crippen molar-refractivity contribution in [2.45, 2.75) is 35.1 Å². The van der Waals surface area contributed by atoms with Gasteiger partial charge in [-0.3, -0.25) is 9.69 Å². The van der Waals surface area contributed by atoms with E-state index in [4.69, 9.17) is 0 Å². The molecule has 2 aliphatic heterocycles. The average molecular weight is 309 g/mol. The summed E-state index contributed by atoms with van der Waals surface area (Å²) in [6.07, 6.45) is 0.364. The molecule has 0 spiro atoms. The minimum absolute atomic E-state index is 0.112. The molecule has 0 aromatic heterocycles. The number of nitrogens with zero attached hydrogens (tertiary/aromatic N) is 1. The molecule has 0 saturated carbocycles. The molecule has 2 heterocycles. The van der Waals surface area contributed by atoms with Gasteiger partial charge in [0, 0.05) is 0 Å². The molecular formula is C14H15NO5S. The molecule has 3 atom stereocenters. The molecular weight excluding hydrogens is 294 g/mol. The number of Topliss-reactive ketones (excluding diaryl/α,β-unsaturated/α-hetero) is 1. The van der Waals surface area contributed by atoms with Crippen molar-refractivity contribution >= 4 is 21.7 Å². The summed E-state index contributed by atoms with van der Waals surface area (Å²) in [7, 11) is -2.56. The Morgan fingerprint density at radius 2 is 1.90 bits per heavy atom. The number of ether oxygens (including phenoxy) is 1. The molecule has 0 radical (unpaired) electrons. The molecule has 6 nitrogen and oxygen atoms in total. The Morgan fingerprint density at radius 3 is 2.52 bits per heavy atom. The van der Waals surface area contributed by atoms with E-state index in [9.17, 15) is 18.0 Å². The first-order valence-corrected chi connectivity index (χ1v) is 8.22. The van der Waals surface area contributed by atoms with Gasteiger partial charge in [0.2, 0.25) is 0 Å². The molecule has 2 bridgehead atoms. The van der Waals surface area contributed by atoms with Crippen LogP contribution in [0.15, 0.2) is 35.2 Å². The molecule has 1 aromatic rings. The van der Waals surface area contributed by atoms with Crippen molar-refractivity contribution in [3.8, 4) is 0 Å². The normalized spacial score (nSPS) is 28.0. The van der Waals surface area contributed by atoms with Gasteiger partial charge in [0.05, 0.1) is 24.1 Å². The number of hydrogen-bond acceptors (Lipinski definition) is 5. The molecule has 21 heavy (non-hydrogen) atoms. The zero-order valence-electron chi connectivity index (χ0n) is 11.4. The van der Waals surface area contributed by atoms with Crippen LogP contribution in [0.5, 0.6) is 0 Å². The summed E-state index contributed by atoms with van der Waals surface area (Å²) in [5.41, 5.74) is 0. The van der Waals surface area contributed by atoms with Gasteiger partial charge in [-0.1, -0.05) is 18.2 Å². The van der Waals surface area contributed by atoms with E-state index in [1.807, 2.05) is 0 Å². The lowest BCUT2D eigenvalue weighted by Crippen LogP contribution is -2.41. The maximum absolute atomic E-state index is 12.7. The third kappa shape index (κ3) is 1.95. The van der Waals surface area contributed by atoms with Gasteiger partial charge < -0.3 is 4.74 Å². The summed E-state index contributed by atoms with van der Waals surface area (Å²) in [6.45, 7) is 0. The molecule has 0 unspecified atom stereocenters. The zero-order chi connectivity index (χ0) is 15.2. The first kappa shape index (κ1) is 14.1. The number of ketones is 1. The highest BCUT2D eigenvalue weighted by Crippen LogP contribution is 2.40. The van der Waals surface area contributed by atoms with Crippen LogP contribution < -0.4 is 0 Å². The summed E-state index contributed by atoms with van der Waals surface area (Å²) in [4.78, 5) is 25.6. The topological polar surface area (TPSA) is 80.8 Å². The third-order valence-electron chi connectivity index (χ3n) is 4.18. The Kier molecular flexibility index (Phi) is 3.24. The van der Waals surface area contributed by atoms with Gasteiger partial charge in [-0.25, -0.2) is 13.2 Å². The fourth-order valence-electron chi connectivity index (χ4n) is 3.28. The molecule has 2 saturated heterocycles. The highest BCUT2D eigenvalue weighted by Gasteiger charge is 2.60. The third-order valence-corrected chi connectivity index (χ3v) is 6.32. The quantitative estimate of drug-likeness (QED) is 0.814. The van der Waals surface area contributed by atoms with Gasteiger partial charge in [-0.05, 0) is 25.0 Å². The number of methoxy groups -OCH3 is 1. The number of sulfone groups is 1. The van der Waals surface area contributed by atoms with Crippen molar-refractivity contribution in [3.05, 3.63) is 30.3 Å². The Balaban J connectivity index is 2.01. The van der Waals surface area contributed by atoms with Crippen LogP contribution in [-0.4, -0.2) is 49.6 Å². The molecule has 112 valence electrons. The largest absolute Gasteiger partial charge is 0.453 e. The molecule has 3 rings (SSSR count). The van der Waals surface area contributed by atoms with Crippen LogP contribution in [0, 0.1) is 0 Å². The van der Waals surface area contributed by atoms with E-state index in [1.165, 1.54) is 24.1 Å². The second-order valence-electron chi connectivity index (χ2n) is 5.22. The lowest BCUT2D eigenvalue weighted by atomic mass is 9.99. The Bertz CT molecular complexity index is 685. The molecule has 7 heteroatoms. The molecule has 1 aromatic carbocycles. The number of benzene rings is 1. The van der Waals surface area contributed by atoms with E-state index in [2.05, 4.69) is 4.74 Å². The second kappa shape index (κ2) is 4.84. The molecule has 0 N–H and O–H groups in total. The molecule has 2 aliphatic rings. The Labute approximate surface area is 122 Å². The zero-order valence-corrected chi connectivity index (χ0v) is 12.2. The predicted octanol–water partition coefficient (Wildman–Crippen LogP) is 1.01. The van der Waals surface area contributed by atoms with Crippen molar-refractivity contribution < 1.29 is 22.7 Å². The lowest BCUT2D eigenvalue weighted by Gasteiger charge is -2.21. The van der Waals surface area contributed by atoms with E-state index in [1.54, 1.807) is 18.2 Å². The van der Waals surface area contributed by atoms with Gasteiger partial charge in [0.1, 0.15) is 5.25 Å². The maximum Gasteiger partial charge on any atom is 0.410 e. The van der Waals surface area contributed by atoms with Crippen LogP contribution >= 0.6 is 0 Å². The van der Waals surface area contributed by atoms with Crippen LogP contribution in [0.4, 0.5) is 4.79 Å². The van der Waals surface area contributed by atoms with Gasteiger partial charge in [0.25, 0.3) is 0 Å². The first-order valence-electron chi connectivity index (χ1n) is 6.67. The number of hydrogen-bond donors (Lipinski definition) is 0. The van der Waals surface area contributed by atoms with Crippen LogP contribution in [0.1, 0.15) is 12.8 Å². The second-order valence-corrected chi connectivity index (χ2v) is 7.29. The SMILES string of the molecule is COC(=O)N1[C@@H]2CC[C@H]1[C@@H](S(=O)(=O)c1ccccc1)C2=O. The summed E-state index contributed by atoms with van der Waals surface area (Å²) in [6, 6.07) is 6.58. The number of carbonyl (C=O) groups excluding carboxylic acids is 2. The molecule has 1 amide bonds. The standard InChI is InChI=1S/C14H15NO5S/c1-20-14(17)15-10-7-8-11(15)13(12(10)16)21(18,19)9-5-3-2-4-6-9/h2-6,10-11,13H,7-8H2,1H3/t10-,11+,13-/m1/s1. The van der Waals surface area contributed by atoms with Crippen molar-refractivity contribution in [2.24, 2.45) is 0 Å². The number of amides is 1. The van der Waals surface area contributed by atoms with E-state index in [0.717, 1.165) is 0 Å². The fourth-order valence-corrected chi connectivity index (χ4v) is 5.25. The van der Waals surface area contributed by atoms with Crippen LogP contribution in [0.25, 0.3) is 0 Å². The highest BCUT2D eigenvalue weighted by molar-refractivity contribution is 7.93. The van der Waals surface area contributed by atoms with E-state index in [-0.39, 0.29) is 4.90 Å². The summed E-state index contributed by atoms with van der Waals surface area (Å²) < 4.78 is 30.1. The Morgan fingerprint density at radius 1 is 1.24 bits per heavy atom. The minimum atomic E-state index is -3.79. The van der Waals surface area contributed by atoms with Crippen molar-refractivity contribution in [1.82, 2.24) is 4.90 Å². The fraction of sp³-hybridized carbons (Fsp3) is 0.429.